The Hall–Kier alpha value is -0.740. The van der Waals surface area contributed by atoms with Gasteiger partial charge in [-0.05, 0) is 49.6 Å². The number of rotatable bonds is 3. The SMILES string of the molecule is NCC1CCCCC1S(=O)c1ccc(F)cc1. The molecule has 1 aliphatic carbocycles. The van der Waals surface area contributed by atoms with Gasteiger partial charge in [0, 0.05) is 10.1 Å². The van der Waals surface area contributed by atoms with E-state index in [9.17, 15) is 8.60 Å². The molecule has 2 nitrogen and oxygen atoms in total. The average molecular weight is 255 g/mol. The summed E-state index contributed by atoms with van der Waals surface area (Å²) in [5.41, 5.74) is 5.74. The molecule has 0 spiro atoms. The lowest BCUT2D eigenvalue weighted by Gasteiger charge is -2.29. The summed E-state index contributed by atoms with van der Waals surface area (Å²) in [7, 11) is -1.05. The van der Waals surface area contributed by atoms with Gasteiger partial charge in [0.05, 0.1) is 10.8 Å². The van der Waals surface area contributed by atoms with E-state index in [-0.39, 0.29) is 11.1 Å². The van der Waals surface area contributed by atoms with E-state index in [0.29, 0.717) is 12.5 Å². The Morgan fingerprint density at radius 1 is 1.24 bits per heavy atom. The zero-order valence-corrected chi connectivity index (χ0v) is 10.6. The molecule has 0 bridgehead atoms. The van der Waals surface area contributed by atoms with Crippen molar-refractivity contribution in [1.29, 1.82) is 0 Å². The second kappa shape index (κ2) is 5.74. The third-order valence-corrected chi connectivity index (χ3v) is 5.37. The summed E-state index contributed by atoms with van der Waals surface area (Å²) in [4.78, 5) is 0.719. The maximum atomic E-state index is 12.8. The number of hydrogen-bond acceptors (Lipinski definition) is 2. The predicted molar refractivity (Wildman–Crippen MR) is 67.6 cm³/mol. The quantitative estimate of drug-likeness (QED) is 0.901. The van der Waals surface area contributed by atoms with Gasteiger partial charge in [-0.3, -0.25) is 4.21 Å². The van der Waals surface area contributed by atoms with E-state index in [0.717, 1.165) is 24.2 Å². The van der Waals surface area contributed by atoms with Crippen molar-refractivity contribution in [2.45, 2.75) is 35.8 Å². The van der Waals surface area contributed by atoms with Gasteiger partial charge >= 0.3 is 0 Å². The van der Waals surface area contributed by atoms with E-state index in [1.165, 1.54) is 18.6 Å². The first-order chi connectivity index (χ1) is 8.22. The molecular formula is C13H18FNOS. The molecule has 0 amide bonds. The largest absolute Gasteiger partial charge is 0.330 e. The lowest BCUT2D eigenvalue weighted by Crippen LogP contribution is -2.34. The van der Waals surface area contributed by atoms with E-state index in [4.69, 9.17) is 5.73 Å². The first-order valence-electron chi connectivity index (χ1n) is 6.08. The number of halogens is 1. The van der Waals surface area contributed by atoms with Crippen molar-refractivity contribution in [3.63, 3.8) is 0 Å². The molecule has 3 atom stereocenters. The van der Waals surface area contributed by atoms with E-state index in [1.807, 2.05) is 0 Å². The highest BCUT2D eigenvalue weighted by atomic mass is 32.2. The summed E-state index contributed by atoms with van der Waals surface area (Å²) < 4.78 is 25.2. The average Bonchev–Trinajstić information content (AvgIpc) is 2.39. The van der Waals surface area contributed by atoms with Crippen LogP contribution in [-0.2, 0) is 10.8 Å². The Bertz CT molecular complexity index is 393. The summed E-state index contributed by atoms with van der Waals surface area (Å²) in [6, 6.07) is 5.97. The maximum absolute atomic E-state index is 12.8. The minimum absolute atomic E-state index is 0.138. The molecular weight excluding hydrogens is 237 g/mol. The Morgan fingerprint density at radius 3 is 2.53 bits per heavy atom. The molecule has 1 fully saturated rings. The van der Waals surface area contributed by atoms with Crippen molar-refractivity contribution in [1.82, 2.24) is 0 Å². The fourth-order valence-corrected chi connectivity index (χ4v) is 4.20. The van der Waals surface area contributed by atoms with Crippen LogP contribution in [0.3, 0.4) is 0 Å². The van der Waals surface area contributed by atoms with Crippen LogP contribution >= 0.6 is 0 Å². The van der Waals surface area contributed by atoms with Crippen molar-refractivity contribution in [3.8, 4) is 0 Å². The molecule has 1 aliphatic rings. The van der Waals surface area contributed by atoms with E-state index in [2.05, 4.69) is 0 Å². The van der Waals surface area contributed by atoms with Crippen molar-refractivity contribution in [3.05, 3.63) is 30.1 Å². The van der Waals surface area contributed by atoms with Crippen LogP contribution in [0.25, 0.3) is 0 Å². The van der Waals surface area contributed by atoms with Gasteiger partial charge in [-0.15, -0.1) is 0 Å². The Morgan fingerprint density at radius 2 is 1.88 bits per heavy atom. The molecule has 0 aromatic heterocycles. The van der Waals surface area contributed by atoms with Crippen LogP contribution in [0.2, 0.25) is 0 Å². The van der Waals surface area contributed by atoms with Gasteiger partial charge in [-0.1, -0.05) is 12.8 Å². The molecule has 17 heavy (non-hydrogen) atoms. The maximum Gasteiger partial charge on any atom is 0.123 e. The normalized spacial score (nSPS) is 26.7. The third kappa shape index (κ3) is 2.93. The molecule has 2 rings (SSSR count). The van der Waals surface area contributed by atoms with Crippen LogP contribution in [0.15, 0.2) is 29.2 Å². The van der Waals surface area contributed by atoms with Crippen LogP contribution in [0.4, 0.5) is 4.39 Å². The third-order valence-electron chi connectivity index (χ3n) is 3.46. The highest BCUT2D eigenvalue weighted by molar-refractivity contribution is 7.85. The number of nitrogens with two attached hydrogens (primary N) is 1. The molecule has 94 valence electrons. The predicted octanol–water partition coefficient (Wildman–Crippen LogP) is 2.45. The minimum atomic E-state index is -1.05. The molecule has 1 aromatic rings. The van der Waals surface area contributed by atoms with Gasteiger partial charge in [0.2, 0.25) is 0 Å². The summed E-state index contributed by atoms with van der Waals surface area (Å²) >= 11 is 0. The van der Waals surface area contributed by atoms with Gasteiger partial charge in [0.25, 0.3) is 0 Å². The summed E-state index contributed by atoms with van der Waals surface area (Å²) in [5.74, 6) is 0.0550. The molecule has 4 heteroatoms. The van der Waals surface area contributed by atoms with Gasteiger partial charge in [-0.25, -0.2) is 4.39 Å². The molecule has 0 aliphatic heterocycles. The monoisotopic (exact) mass is 255 g/mol. The number of hydrogen-bond donors (Lipinski definition) is 1. The highest BCUT2D eigenvalue weighted by Gasteiger charge is 2.29. The van der Waals surface area contributed by atoms with Crippen LogP contribution in [0, 0.1) is 11.7 Å². The summed E-state index contributed by atoms with van der Waals surface area (Å²) in [5, 5.41) is 0.138. The van der Waals surface area contributed by atoms with Crippen LogP contribution in [0.1, 0.15) is 25.7 Å². The molecule has 0 heterocycles. The van der Waals surface area contributed by atoms with Crippen molar-refractivity contribution in [2.75, 3.05) is 6.54 Å². The lowest BCUT2D eigenvalue weighted by atomic mass is 9.89. The second-order valence-electron chi connectivity index (χ2n) is 4.57. The Kier molecular flexibility index (Phi) is 4.29. The fraction of sp³-hybridized carbons (Fsp3) is 0.538. The fourth-order valence-electron chi connectivity index (χ4n) is 2.47. The van der Waals surface area contributed by atoms with Crippen molar-refractivity contribution >= 4 is 10.8 Å². The first kappa shape index (κ1) is 12.7. The van der Waals surface area contributed by atoms with Crippen molar-refractivity contribution in [2.24, 2.45) is 11.7 Å². The van der Waals surface area contributed by atoms with Crippen molar-refractivity contribution < 1.29 is 8.60 Å². The van der Waals surface area contributed by atoms with E-state index in [1.54, 1.807) is 12.1 Å². The minimum Gasteiger partial charge on any atom is -0.330 e. The second-order valence-corrected chi connectivity index (χ2v) is 6.24. The van der Waals surface area contributed by atoms with Gasteiger partial charge in [-0.2, -0.15) is 0 Å². The molecule has 0 saturated heterocycles. The van der Waals surface area contributed by atoms with E-state index >= 15 is 0 Å². The van der Waals surface area contributed by atoms with Crippen LogP contribution in [-0.4, -0.2) is 16.0 Å². The zero-order valence-electron chi connectivity index (χ0n) is 9.77. The summed E-state index contributed by atoms with van der Waals surface area (Å²) in [6.07, 6.45) is 4.33. The summed E-state index contributed by atoms with van der Waals surface area (Å²) in [6.45, 7) is 0.595. The van der Waals surface area contributed by atoms with Crippen LogP contribution < -0.4 is 5.73 Å². The van der Waals surface area contributed by atoms with Gasteiger partial charge in [0.1, 0.15) is 5.82 Å². The number of benzene rings is 1. The topological polar surface area (TPSA) is 43.1 Å². The Labute approximate surface area is 104 Å². The molecule has 3 unspecified atom stereocenters. The first-order valence-corrected chi connectivity index (χ1v) is 7.30. The molecule has 0 radical (unpaired) electrons. The smallest absolute Gasteiger partial charge is 0.123 e. The highest BCUT2D eigenvalue weighted by Crippen LogP contribution is 2.30. The lowest BCUT2D eigenvalue weighted by molar-refractivity contribution is 0.372. The van der Waals surface area contributed by atoms with Gasteiger partial charge in [0.15, 0.2) is 0 Å². The molecule has 2 N–H and O–H groups in total. The zero-order chi connectivity index (χ0) is 12.3. The van der Waals surface area contributed by atoms with Gasteiger partial charge < -0.3 is 5.73 Å². The molecule has 1 saturated carbocycles. The van der Waals surface area contributed by atoms with Crippen LogP contribution in [0.5, 0.6) is 0 Å². The standard InChI is InChI=1S/C13H18FNOS/c14-11-5-7-12(8-6-11)17(16)13-4-2-1-3-10(13)9-15/h5-8,10,13H,1-4,9,15H2. The molecule has 1 aromatic carbocycles. The Balaban J connectivity index is 2.15. The van der Waals surface area contributed by atoms with E-state index < -0.39 is 10.8 Å².